The lowest BCUT2D eigenvalue weighted by Gasteiger charge is -2.25. The molecule has 1 aliphatic heterocycles. The van der Waals surface area contributed by atoms with E-state index >= 15 is 0 Å². The lowest BCUT2D eigenvalue weighted by molar-refractivity contribution is 0.232. The van der Waals surface area contributed by atoms with Gasteiger partial charge in [0.1, 0.15) is 6.67 Å². The van der Waals surface area contributed by atoms with Crippen LogP contribution in [-0.4, -0.2) is 24.7 Å². The number of alkyl halides is 1. The van der Waals surface area contributed by atoms with Crippen molar-refractivity contribution in [2.75, 3.05) is 19.8 Å². The Balaban J connectivity index is 2.10. The van der Waals surface area contributed by atoms with Gasteiger partial charge in [-0.1, -0.05) is 0 Å². The van der Waals surface area contributed by atoms with E-state index in [1.807, 2.05) is 0 Å². The topological polar surface area (TPSA) is 3.24 Å². The summed E-state index contributed by atoms with van der Waals surface area (Å²) in [6.45, 7) is 2.26. The first-order valence-electron chi connectivity index (χ1n) is 4.35. The van der Waals surface area contributed by atoms with Gasteiger partial charge in [-0.3, -0.25) is 4.90 Å². The van der Waals surface area contributed by atoms with Gasteiger partial charge in [-0.05, 0) is 34.0 Å². The molecule has 2 rings (SSSR count). The summed E-state index contributed by atoms with van der Waals surface area (Å²) in [5.41, 5.74) is 1.37. The predicted octanol–water partition coefficient (Wildman–Crippen LogP) is 2.84. The molecule has 0 fully saturated rings. The minimum atomic E-state index is -0.235. The van der Waals surface area contributed by atoms with Crippen molar-refractivity contribution in [3.8, 4) is 0 Å². The van der Waals surface area contributed by atoms with Crippen LogP contribution in [-0.2, 0) is 13.0 Å². The van der Waals surface area contributed by atoms with Crippen LogP contribution in [0.3, 0.4) is 0 Å². The monoisotopic (exact) mass is 263 g/mol. The second-order valence-corrected chi connectivity index (χ2v) is 5.73. The van der Waals surface area contributed by atoms with Crippen LogP contribution in [0.5, 0.6) is 0 Å². The molecule has 0 saturated heterocycles. The van der Waals surface area contributed by atoms with Gasteiger partial charge in [0.2, 0.25) is 0 Å². The molecule has 0 saturated carbocycles. The standard InChI is InChI=1S/C9H11BrFNS/c10-9-5-7-6-12(4-2-11)3-1-8(7)13-9/h5H,1-4,6H2. The average Bonchev–Trinajstić information content (AvgIpc) is 2.44. The molecule has 1 nitrogen and oxygen atoms in total. The second-order valence-electron chi connectivity index (χ2n) is 3.21. The number of rotatable bonds is 2. The van der Waals surface area contributed by atoms with Crippen molar-refractivity contribution >= 4 is 27.3 Å². The molecular weight excluding hydrogens is 253 g/mol. The molecule has 1 aromatic heterocycles. The molecule has 0 N–H and O–H groups in total. The SMILES string of the molecule is FCCN1CCc2sc(Br)cc2C1. The van der Waals surface area contributed by atoms with Crippen LogP contribution < -0.4 is 0 Å². The zero-order chi connectivity index (χ0) is 9.26. The number of thiophene rings is 1. The van der Waals surface area contributed by atoms with Gasteiger partial charge in [-0.15, -0.1) is 11.3 Å². The van der Waals surface area contributed by atoms with Crippen molar-refractivity contribution in [3.05, 3.63) is 20.3 Å². The van der Waals surface area contributed by atoms with E-state index < -0.39 is 0 Å². The second kappa shape index (κ2) is 4.07. The Bertz CT molecular complexity index is 300. The summed E-state index contributed by atoms with van der Waals surface area (Å²) in [4.78, 5) is 3.63. The Labute approximate surface area is 89.7 Å². The smallest absolute Gasteiger partial charge is 0.102 e. The molecule has 13 heavy (non-hydrogen) atoms. The summed E-state index contributed by atoms with van der Waals surface area (Å²) in [5, 5.41) is 0. The van der Waals surface area contributed by atoms with Crippen LogP contribution in [0.15, 0.2) is 9.85 Å². The molecular formula is C9H11BrFNS. The van der Waals surface area contributed by atoms with Crippen molar-refractivity contribution in [1.82, 2.24) is 4.90 Å². The summed E-state index contributed by atoms with van der Waals surface area (Å²) in [5.74, 6) is 0. The van der Waals surface area contributed by atoms with Gasteiger partial charge in [0, 0.05) is 24.5 Å². The fraction of sp³-hybridized carbons (Fsp3) is 0.556. The highest BCUT2D eigenvalue weighted by molar-refractivity contribution is 9.11. The number of nitrogens with zero attached hydrogens (tertiary/aromatic N) is 1. The van der Waals surface area contributed by atoms with E-state index in [2.05, 4.69) is 26.9 Å². The maximum atomic E-state index is 12.1. The first kappa shape index (κ1) is 9.62. The zero-order valence-corrected chi connectivity index (χ0v) is 9.63. The Morgan fingerprint density at radius 2 is 2.46 bits per heavy atom. The fourth-order valence-electron chi connectivity index (χ4n) is 1.67. The van der Waals surface area contributed by atoms with E-state index in [0.717, 1.165) is 19.5 Å². The normalized spacial score (nSPS) is 17.4. The van der Waals surface area contributed by atoms with E-state index in [0.29, 0.717) is 6.54 Å². The highest BCUT2D eigenvalue weighted by atomic mass is 79.9. The van der Waals surface area contributed by atoms with Gasteiger partial charge >= 0.3 is 0 Å². The minimum Gasteiger partial charge on any atom is -0.296 e. The van der Waals surface area contributed by atoms with Crippen LogP contribution in [0, 0.1) is 0 Å². The van der Waals surface area contributed by atoms with E-state index in [1.165, 1.54) is 14.2 Å². The van der Waals surface area contributed by atoms with Crippen molar-refractivity contribution < 1.29 is 4.39 Å². The molecule has 1 aromatic rings. The average molecular weight is 264 g/mol. The predicted molar refractivity (Wildman–Crippen MR) is 57.0 cm³/mol. The number of hydrogen-bond acceptors (Lipinski definition) is 2. The molecule has 0 aliphatic carbocycles. The van der Waals surface area contributed by atoms with Gasteiger partial charge in [0.05, 0.1) is 3.79 Å². The van der Waals surface area contributed by atoms with Crippen LogP contribution in [0.1, 0.15) is 10.4 Å². The summed E-state index contributed by atoms with van der Waals surface area (Å²) in [7, 11) is 0. The summed E-state index contributed by atoms with van der Waals surface area (Å²) >= 11 is 5.28. The summed E-state index contributed by atoms with van der Waals surface area (Å²) in [6, 6.07) is 2.16. The number of fused-ring (bicyclic) bond motifs is 1. The lowest BCUT2D eigenvalue weighted by Crippen LogP contribution is -2.31. The molecule has 4 heteroatoms. The summed E-state index contributed by atoms with van der Waals surface area (Å²) in [6.07, 6.45) is 1.08. The Hall–Kier alpha value is 0.0700. The molecule has 0 atom stereocenters. The third-order valence-corrected chi connectivity index (χ3v) is 4.06. The van der Waals surface area contributed by atoms with Gasteiger partial charge in [0.15, 0.2) is 0 Å². The van der Waals surface area contributed by atoms with E-state index in [4.69, 9.17) is 0 Å². The van der Waals surface area contributed by atoms with E-state index in [1.54, 1.807) is 11.3 Å². The zero-order valence-electron chi connectivity index (χ0n) is 7.22. The highest BCUT2D eigenvalue weighted by Crippen LogP contribution is 2.31. The quantitative estimate of drug-likeness (QED) is 0.794. The summed E-state index contributed by atoms with van der Waals surface area (Å²) < 4.78 is 13.3. The molecule has 72 valence electrons. The molecule has 0 aromatic carbocycles. The van der Waals surface area contributed by atoms with Crippen molar-refractivity contribution in [1.29, 1.82) is 0 Å². The minimum absolute atomic E-state index is 0.235. The van der Waals surface area contributed by atoms with Crippen LogP contribution >= 0.6 is 27.3 Å². The van der Waals surface area contributed by atoms with Gasteiger partial charge < -0.3 is 0 Å². The maximum Gasteiger partial charge on any atom is 0.102 e. The fourth-order valence-corrected chi connectivity index (χ4v) is 3.41. The first-order chi connectivity index (χ1) is 6.29. The molecule has 0 spiro atoms. The van der Waals surface area contributed by atoms with E-state index in [9.17, 15) is 4.39 Å². The van der Waals surface area contributed by atoms with Crippen LogP contribution in [0.25, 0.3) is 0 Å². The Morgan fingerprint density at radius 3 is 3.23 bits per heavy atom. The highest BCUT2D eigenvalue weighted by Gasteiger charge is 2.17. The largest absolute Gasteiger partial charge is 0.296 e. The maximum absolute atomic E-state index is 12.1. The van der Waals surface area contributed by atoms with Gasteiger partial charge in [0.25, 0.3) is 0 Å². The van der Waals surface area contributed by atoms with E-state index in [-0.39, 0.29) is 6.67 Å². The Kier molecular flexibility index (Phi) is 3.01. The molecule has 0 amide bonds. The molecule has 0 bridgehead atoms. The van der Waals surface area contributed by atoms with Gasteiger partial charge in [-0.25, -0.2) is 4.39 Å². The number of hydrogen-bond donors (Lipinski definition) is 0. The van der Waals surface area contributed by atoms with Crippen LogP contribution in [0.4, 0.5) is 4.39 Å². The third kappa shape index (κ3) is 2.11. The Morgan fingerprint density at radius 1 is 1.62 bits per heavy atom. The number of halogens is 2. The van der Waals surface area contributed by atoms with Crippen LogP contribution in [0.2, 0.25) is 0 Å². The van der Waals surface area contributed by atoms with Crippen molar-refractivity contribution in [2.45, 2.75) is 13.0 Å². The molecule has 1 aliphatic rings. The van der Waals surface area contributed by atoms with Crippen molar-refractivity contribution in [2.24, 2.45) is 0 Å². The third-order valence-electron chi connectivity index (χ3n) is 2.32. The molecule has 2 heterocycles. The first-order valence-corrected chi connectivity index (χ1v) is 5.96. The van der Waals surface area contributed by atoms with Gasteiger partial charge in [-0.2, -0.15) is 0 Å². The molecule has 0 radical (unpaired) electrons. The van der Waals surface area contributed by atoms with Crippen molar-refractivity contribution in [3.63, 3.8) is 0 Å². The molecule has 0 unspecified atom stereocenters. The lowest BCUT2D eigenvalue weighted by atomic mass is 10.1.